The van der Waals surface area contributed by atoms with Gasteiger partial charge in [-0.3, -0.25) is 5.10 Å². The minimum absolute atomic E-state index is 0.0169. The second kappa shape index (κ2) is 4.28. The van der Waals surface area contributed by atoms with Gasteiger partial charge in [0.05, 0.1) is 18.0 Å². The first-order chi connectivity index (χ1) is 7.36. The maximum Gasteiger partial charge on any atom is 0.0956 e. The molecule has 0 aliphatic heterocycles. The molecule has 15 heavy (non-hydrogen) atoms. The molecule has 0 bridgehead atoms. The summed E-state index contributed by atoms with van der Waals surface area (Å²) < 4.78 is 0. The lowest BCUT2D eigenvalue weighted by atomic mass is 10.0. The largest absolute Gasteiger partial charge is 0.390 e. The Hall–Kier alpha value is -1.61. The molecule has 0 atom stereocenters. The van der Waals surface area contributed by atoms with Crippen molar-refractivity contribution in [2.24, 2.45) is 0 Å². The average Bonchev–Trinajstić information content (AvgIpc) is 2.72. The van der Waals surface area contributed by atoms with Gasteiger partial charge in [-0.15, -0.1) is 0 Å². The molecule has 2 aromatic rings. The third-order valence-electron chi connectivity index (χ3n) is 2.51. The molecular weight excluding hydrogens is 188 g/mol. The molecular formula is C12H14N2O. The van der Waals surface area contributed by atoms with E-state index < -0.39 is 0 Å². The summed E-state index contributed by atoms with van der Waals surface area (Å²) in [7, 11) is 0. The third kappa shape index (κ3) is 1.78. The summed E-state index contributed by atoms with van der Waals surface area (Å²) in [5, 5.41) is 16.3. The predicted octanol–water partition coefficient (Wildman–Crippen LogP) is 2.13. The summed E-state index contributed by atoms with van der Waals surface area (Å²) in [4.78, 5) is 0. The van der Waals surface area contributed by atoms with Crippen molar-refractivity contribution in [2.45, 2.75) is 20.0 Å². The van der Waals surface area contributed by atoms with Gasteiger partial charge in [-0.1, -0.05) is 37.3 Å². The van der Waals surface area contributed by atoms with Crippen molar-refractivity contribution in [2.75, 3.05) is 0 Å². The second-order valence-corrected chi connectivity index (χ2v) is 3.41. The van der Waals surface area contributed by atoms with Crippen LogP contribution in [-0.2, 0) is 13.0 Å². The second-order valence-electron chi connectivity index (χ2n) is 3.41. The molecule has 2 N–H and O–H groups in total. The molecule has 1 aromatic heterocycles. The van der Waals surface area contributed by atoms with E-state index in [0.717, 1.165) is 28.9 Å². The molecule has 2 rings (SSSR count). The van der Waals surface area contributed by atoms with Crippen molar-refractivity contribution in [1.82, 2.24) is 10.2 Å². The maximum absolute atomic E-state index is 9.14. The average molecular weight is 202 g/mol. The van der Waals surface area contributed by atoms with Crippen LogP contribution in [-0.4, -0.2) is 15.3 Å². The Kier molecular flexibility index (Phi) is 2.83. The molecule has 0 unspecified atom stereocenters. The third-order valence-corrected chi connectivity index (χ3v) is 2.51. The van der Waals surface area contributed by atoms with E-state index in [-0.39, 0.29) is 6.61 Å². The highest BCUT2D eigenvalue weighted by atomic mass is 16.3. The van der Waals surface area contributed by atoms with Crippen LogP contribution in [0.2, 0.25) is 0 Å². The zero-order valence-corrected chi connectivity index (χ0v) is 8.70. The van der Waals surface area contributed by atoms with Crippen molar-refractivity contribution < 1.29 is 5.11 Å². The Labute approximate surface area is 88.8 Å². The Bertz CT molecular complexity index is 434. The lowest BCUT2D eigenvalue weighted by Crippen LogP contribution is -1.90. The number of aromatic nitrogens is 2. The number of benzene rings is 1. The van der Waals surface area contributed by atoms with E-state index in [4.69, 9.17) is 5.11 Å². The van der Waals surface area contributed by atoms with Crippen LogP contribution in [0.15, 0.2) is 30.3 Å². The van der Waals surface area contributed by atoms with Gasteiger partial charge in [-0.05, 0) is 6.42 Å². The molecule has 78 valence electrons. The number of aromatic amines is 1. The van der Waals surface area contributed by atoms with E-state index in [9.17, 15) is 0 Å². The van der Waals surface area contributed by atoms with Crippen LogP contribution in [0.1, 0.15) is 18.2 Å². The minimum Gasteiger partial charge on any atom is -0.390 e. The Morgan fingerprint density at radius 3 is 2.60 bits per heavy atom. The summed E-state index contributed by atoms with van der Waals surface area (Å²) in [6.45, 7) is 2.08. The minimum atomic E-state index is 0.0169. The fourth-order valence-electron chi connectivity index (χ4n) is 1.75. The van der Waals surface area contributed by atoms with Crippen molar-refractivity contribution in [3.8, 4) is 11.3 Å². The topological polar surface area (TPSA) is 48.9 Å². The van der Waals surface area contributed by atoms with E-state index in [0.29, 0.717) is 0 Å². The van der Waals surface area contributed by atoms with Gasteiger partial charge in [0.25, 0.3) is 0 Å². The molecule has 0 radical (unpaired) electrons. The van der Waals surface area contributed by atoms with Gasteiger partial charge in [-0.25, -0.2) is 0 Å². The molecule has 0 aliphatic rings. The SMILES string of the molecule is CCc1c(-c2ccccc2)n[nH]c1CO. The first-order valence-electron chi connectivity index (χ1n) is 5.09. The van der Waals surface area contributed by atoms with E-state index in [2.05, 4.69) is 17.1 Å². The van der Waals surface area contributed by atoms with E-state index >= 15 is 0 Å². The number of nitrogens with one attached hydrogen (secondary N) is 1. The highest BCUT2D eigenvalue weighted by Crippen LogP contribution is 2.23. The van der Waals surface area contributed by atoms with Crippen molar-refractivity contribution in [3.63, 3.8) is 0 Å². The van der Waals surface area contributed by atoms with Crippen LogP contribution in [0.25, 0.3) is 11.3 Å². The zero-order valence-electron chi connectivity index (χ0n) is 8.70. The fraction of sp³-hybridized carbons (Fsp3) is 0.250. The van der Waals surface area contributed by atoms with Crippen LogP contribution in [0.4, 0.5) is 0 Å². The summed E-state index contributed by atoms with van der Waals surface area (Å²) in [5.74, 6) is 0. The number of H-pyrrole nitrogens is 1. The summed E-state index contributed by atoms with van der Waals surface area (Å²) >= 11 is 0. The van der Waals surface area contributed by atoms with Crippen LogP contribution in [0, 0.1) is 0 Å². The predicted molar refractivity (Wildman–Crippen MR) is 59.3 cm³/mol. The first-order valence-corrected chi connectivity index (χ1v) is 5.09. The molecule has 1 aromatic carbocycles. The number of hydrogen-bond donors (Lipinski definition) is 2. The molecule has 0 saturated carbocycles. The van der Waals surface area contributed by atoms with Crippen LogP contribution >= 0.6 is 0 Å². The number of hydrogen-bond acceptors (Lipinski definition) is 2. The van der Waals surface area contributed by atoms with Crippen molar-refractivity contribution in [1.29, 1.82) is 0 Å². The van der Waals surface area contributed by atoms with E-state index in [1.165, 1.54) is 0 Å². The highest BCUT2D eigenvalue weighted by molar-refractivity contribution is 5.63. The Morgan fingerprint density at radius 1 is 1.27 bits per heavy atom. The van der Waals surface area contributed by atoms with Crippen LogP contribution in [0.3, 0.4) is 0 Å². The van der Waals surface area contributed by atoms with Crippen LogP contribution < -0.4 is 0 Å². The van der Waals surface area contributed by atoms with Crippen LogP contribution in [0.5, 0.6) is 0 Å². The molecule has 3 heteroatoms. The first kappa shape index (κ1) is 9.93. The summed E-state index contributed by atoms with van der Waals surface area (Å²) in [6.07, 6.45) is 0.872. The quantitative estimate of drug-likeness (QED) is 0.801. The van der Waals surface area contributed by atoms with Gasteiger partial charge in [0.2, 0.25) is 0 Å². The van der Waals surface area contributed by atoms with E-state index in [1.54, 1.807) is 0 Å². The van der Waals surface area contributed by atoms with Gasteiger partial charge < -0.3 is 5.11 Å². The normalized spacial score (nSPS) is 10.5. The number of aliphatic hydroxyl groups excluding tert-OH is 1. The smallest absolute Gasteiger partial charge is 0.0956 e. The molecule has 0 fully saturated rings. The van der Waals surface area contributed by atoms with Gasteiger partial charge >= 0.3 is 0 Å². The number of aliphatic hydroxyl groups is 1. The lowest BCUT2D eigenvalue weighted by molar-refractivity contribution is 0.275. The van der Waals surface area contributed by atoms with Gasteiger partial charge in [0.15, 0.2) is 0 Å². The van der Waals surface area contributed by atoms with Gasteiger partial charge in [0, 0.05) is 11.1 Å². The maximum atomic E-state index is 9.14. The lowest BCUT2D eigenvalue weighted by Gasteiger charge is -2.00. The molecule has 0 amide bonds. The molecule has 3 nitrogen and oxygen atoms in total. The molecule has 0 saturated heterocycles. The summed E-state index contributed by atoms with van der Waals surface area (Å²) in [6, 6.07) is 10.0. The molecule has 0 aliphatic carbocycles. The number of rotatable bonds is 3. The van der Waals surface area contributed by atoms with Gasteiger partial charge in [-0.2, -0.15) is 5.10 Å². The highest BCUT2D eigenvalue weighted by Gasteiger charge is 2.11. The summed E-state index contributed by atoms with van der Waals surface area (Å²) in [5.41, 5.74) is 3.95. The number of nitrogens with zero attached hydrogens (tertiary/aromatic N) is 1. The molecule has 0 spiro atoms. The molecule has 1 heterocycles. The van der Waals surface area contributed by atoms with E-state index in [1.807, 2.05) is 30.3 Å². The van der Waals surface area contributed by atoms with Gasteiger partial charge in [0.1, 0.15) is 0 Å². The van der Waals surface area contributed by atoms with Crippen molar-refractivity contribution in [3.05, 3.63) is 41.6 Å². The van der Waals surface area contributed by atoms with Crippen molar-refractivity contribution >= 4 is 0 Å². The standard InChI is InChI=1S/C12H14N2O/c1-2-10-11(8-15)13-14-12(10)9-6-4-3-5-7-9/h3-7,15H,2,8H2,1H3,(H,13,14). The Morgan fingerprint density at radius 2 is 2.00 bits per heavy atom. The fourth-order valence-corrected chi connectivity index (χ4v) is 1.75. The monoisotopic (exact) mass is 202 g/mol. The zero-order chi connectivity index (χ0) is 10.7. The Balaban J connectivity index is 2.49.